The van der Waals surface area contributed by atoms with Gasteiger partial charge in [-0.25, -0.2) is 4.39 Å². The van der Waals surface area contributed by atoms with Gasteiger partial charge in [-0.2, -0.15) is 4.98 Å². The lowest BCUT2D eigenvalue weighted by molar-refractivity contribution is -0.137. The molecule has 0 spiro atoms. The van der Waals surface area contributed by atoms with E-state index in [-0.39, 0.29) is 30.5 Å². The molecule has 2 fully saturated rings. The molecular formula is C24H24FN5O3. The van der Waals surface area contributed by atoms with Crippen LogP contribution in [0.2, 0.25) is 0 Å². The monoisotopic (exact) mass is 449 g/mol. The Bertz CT molecular complexity index is 1140. The third-order valence-electron chi connectivity index (χ3n) is 6.16. The van der Waals surface area contributed by atoms with Gasteiger partial charge in [0.1, 0.15) is 5.82 Å². The topological polar surface area (TPSA) is 82.8 Å². The highest BCUT2D eigenvalue weighted by Crippen LogP contribution is 2.28. The molecule has 1 atom stereocenters. The van der Waals surface area contributed by atoms with Gasteiger partial charge in [0.25, 0.3) is 0 Å². The fourth-order valence-corrected chi connectivity index (χ4v) is 4.38. The van der Waals surface area contributed by atoms with Gasteiger partial charge in [0, 0.05) is 44.7 Å². The van der Waals surface area contributed by atoms with Crippen molar-refractivity contribution in [1.29, 1.82) is 0 Å². The van der Waals surface area contributed by atoms with Gasteiger partial charge in [0.2, 0.25) is 23.5 Å². The summed E-state index contributed by atoms with van der Waals surface area (Å²) in [4.78, 5) is 35.3. The molecule has 2 aliphatic heterocycles. The van der Waals surface area contributed by atoms with E-state index in [1.165, 1.54) is 11.0 Å². The first kappa shape index (κ1) is 21.3. The maximum Gasteiger partial charge on any atom is 0.241 e. The second kappa shape index (κ2) is 9.11. The quantitative estimate of drug-likeness (QED) is 0.596. The molecule has 1 aromatic heterocycles. The van der Waals surface area contributed by atoms with Crippen LogP contribution in [-0.4, -0.2) is 64.5 Å². The molecule has 2 amide bonds. The zero-order valence-corrected chi connectivity index (χ0v) is 18.1. The molecule has 9 heteroatoms. The van der Waals surface area contributed by atoms with Crippen LogP contribution in [0.4, 0.5) is 10.1 Å². The van der Waals surface area contributed by atoms with Gasteiger partial charge in [0.05, 0.1) is 18.2 Å². The number of piperazine rings is 1. The third kappa shape index (κ3) is 4.49. The summed E-state index contributed by atoms with van der Waals surface area (Å²) in [5, 5.41) is 4.05. The number of carbonyl (C=O) groups excluding carboxylic acids is 2. The predicted octanol–water partition coefficient (Wildman–Crippen LogP) is 2.57. The summed E-state index contributed by atoms with van der Waals surface area (Å²) in [6, 6.07) is 15.8. The minimum absolute atomic E-state index is 0.0500. The van der Waals surface area contributed by atoms with E-state index in [9.17, 15) is 14.0 Å². The highest BCUT2D eigenvalue weighted by molar-refractivity contribution is 6.00. The Balaban J connectivity index is 1.15. The Morgan fingerprint density at radius 1 is 1.03 bits per heavy atom. The van der Waals surface area contributed by atoms with Gasteiger partial charge in [-0.05, 0) is 12.1 Å². The fourth-order valence-electron chi connectivity index (χ4n) is 4.38. The highest BCUT2D eigenvalue weighted by Gasteiger charge is 2.38. The number of carbonyl (C=O) groups is 2. The van der Waals surface area contributed by atoms with Crippen LogP contribution in [0, 0.1) is 11.7 Å². The smallest absolute Gasteiger partial charge is 0.241 e. The van der Waals surface area contributed by atoms with E-state index in [1.54, 1.807) is 23.1 Å². The Hall–Kier alpha value is -3.59. The minimum atomic E-state index is -0.455. The third-order valence-corrected chi connectivity index (χ3v) is 6.16. The number of halogens is 1. The van der Waals surface area contributed by atoms with Gasteiger partial charge in [0.15, 0.2) is 0 Å². The van der Waals surface area contributed by atoms with Crippen molar-refractivity contribution < 1.29 is 18.5 Å². The number of anilines is 1. The van der Waals surface area contributed by atoms with E-state index < -0.39 is 11.7 Å². The number of aromatic nitrogens is 2. The maximum atomic E-state index is 14.1. The zero-order valence-electron chi connectivity index (χ0n) is 18.1. The first-order valence-electron chi connectivity index (χ1n) is 11.0. The van der Waals surface area contributed by atoms with Crippen LogP contribution in [0.5, 0.6) is 0 Å². The summed E-state index contributed by atoms with van der Waals surface area (Å²) in [6.45, 7) is 3.19. The van der Waals surface area contributed by atoms with Gasteiger partial charge in [-0.3, -0.25) is 14.5 Å². The van der Waals surface area contributed by atoms with Crippen LogP contribution in [0.1, 0.15) is 12.3 Å². The van der Waals surface area contributed by atoms with Crippen LogP contribution in [0.3, 0.4) is 0 Å². The van der Waals surface area contributed by atoms with Gasteiger partial charge in [-0.1, -0.05) is 47.6 Å². The van der Waals surface area contributed by atoms with Gasteiger partial charge < -0.3 is 14.3 Å². The molecule has 8 nitrogen and oxygen atoms in total. The Morgan fingerprint density at radius 2 is 1.76 bits per heavy atom. The molecule has 170 valence electrons. The molecule has 0 N–H and O–H groups in total. The van der Waals surface area contributed by atoms with Crippen molar-refractivity contribution in [3.8, 4) is 11.4 Å². The van der Waals surface area contributed by atoms with Crippen molar-refractivity contribution in [3.63, 3.8) is 0 Å². The van der Waals surface area contributed by atoms with Crippen molar-refractivity contribution in [2.75, 3.05) is 37.6 Å². The number of rotatable bonds is 5. The molecular weight excluding hydrogens is 425 g/mol. The Kier molecular flexibility index (Phi) is 5.87. The summed E-state index contributed by atoms with van der Waals surface area (Å²) < 4.78 is 19.5. The Labute approximate surface area is 190 Å². The summed E-state index contributed by atoms with van der Waals surface area (Å²) in [5.41, 5.74) is 1.13. The molecule has 2 aromatic carbocycles. The van der Waals surface area contributed by atoms with Crippen molar-refractivity contribution in [2.24, 2.45) is 5.92 Å². The second-order valence-corrected chi connectivity index (χ2v) is 8.34. The van der Waals surface area contributed by atoms with E-state index >= 15 is 0 Å². The Morgan fingerprint density at radius 3 is 2.52 bits per heavy atom. The molecule has 0 saturated carbocycles. The average Bonchev–Trinajstić information content (AvgIpc) is 3.47. The standard InChI is InChI=1S/C24H24FN5O3/c25-19-8-4-5-9-20(19)30-15-18(14-22(30)31)24(32)29-12-10-28(11-13-29)16-21-26-23(27-33-21)17-6-2-1-3-7-17/h1-9,18H,10-16H2. The lowest BCUT2D eigenvalue weighted by atomic mass is 10.1. The predicted molar refractivity (Wildman–Crippen MR) is 118 cm³/mol. The molecule has 3 heterocycles. The molecule has 0 aliphatic carbocycles. The molecule has 5 rings (SSSR count). The zero-order chi connectivity index (χ0) is 22.8. The fraction of sp³-hybridized carbons (Fsp3) is 0.333. The van der Waals surface area contributed by atoms with E-state index in [4.69, 9.17) is 4.52 Å². The number of hydrogen-bond donors (Lipinski definition) is 0. The molecule has 0 radical (unpaired) electrons. The van der Waals surface area contributed by atoms with E-state index in [1.807, 2.05) is 30.3 Å². The number of amides is 2. The summed E-state index contributed by atoms with van der Waals surface area (Å²) >= 11 is 0. The lowest BCUT2D eigenvalue weighted by Gasteiger charge is -2.35. The van der Waals surface area contributed by atoms with Crippen molar-refractivity contribution in [1.82, 2.24) is 19.9 Å². The van der Waals surface area contributed by atoms with Crippen LogP contribution < -0.4 is 4.90 Å². The molecule has 2 saturated heterocycles. The molecule has 33 heavy (non-hydrogen) atoms. The van der Waals surface area contributed by atoms with E-state index in [0.717, 1.165) is 5.56 Å². The summed E-state index contributed by atoms with van der Waals surface area (Å²) in [6.07, 6.45) is 0.109. The van der Waals surface area contributed by atoms with Crippen molar-refractivity contribution >= 4 is 17.5 Å². The minimum Gasteiger partial charge on any atom is -0.340 e. The van der Waals surface area contributed by atoms with E-state index in [2.05, 4.69) is 15.0 Å². The maximum absolute atomic E-state index is 14.1. The summed E-state index contributed by atoms with van der Waals surface area (Å²) in [7, 11) is 0. The first-order chi connectivity index (χ1) is 16.1. The molecule has 1 unspecified atom stereocenters. The first-order valence-corrected chi connectivity index (χ1v) is 11.0. The number of benzene rings is 2. The van der Waals surface area contributed by atoms with Gasteiger partial charge in [-0.15, -0.1) is 0 Å². The molecule has 0 bridgehead atoms. The van der Waals surface area contributed by atoms with Crippen LogP contribution in [0.15, 0.2) is 59.1 Å². The number of nitrogens with zero attached hydrogens (tertiary/aromatic N) is 5. The van der Waals surface area contributed by atoms with Crippen LogP contribution in [-0.2, 0) is 16.1 Å². The summed E-state index contributed by atoms with van der Waals surface area (Å²) in [5.74, 6) is -0.0778. The van der Waals surface area contributed by atoms with Gasteiger partial charge >= 0.3 is 0 Å². The van der Waals surface area contributed by atoms with Crippen molar-refractivity contribution in [3.05, 3.63) is 66.3 Å². The van der Waals surface area contributed by atoms with Crippen LogP contribution >= 0.6 is 0 Å². The van der Waals surface area contributed by atoms with Crippen molar-refractivity contribution in [2.45, 2.75) is 13.0 Å². The highest BCUT2D eigenvalue weighted by atomic mass is 19.1. The van der Waals surface area contributed by atoms with Crippen LogP contribution in [0.25, 0.3) is 11.4 Å². The SMILES string of the molecule is O=C(C1CC(=O)N(c2ccccc2F)C1)N1CCN(Cc2nc(-c3ccccc3)no2)CC1. The second-order valence-electron chi connectivity index (χ2n) is 8.34. The number of hydrogen-bond acceptors (Lipinski definition) is 6. The molecule has 3 aromatic rings. The normalized spacial score (nSPS) is 19.3. The largest absolute Gasteiger partial charge is 0.340 e. The number of para-hydroxylation sites is 1. The van der Waals surface area contributed by atoms with E-state index in [0.29, 0.717) is 44.4 Å². The average molecular weight is 449 g/mol. The molecule has 2 aliphatic rings. The lowest BCUT2D eigenvalue weighted by Crippen LogP contribution is -2.50.